The summed E-state index contributed by atoms with van der Waals surface area (Å²) in [4.78, 5) is 29.5. The lowest BCUT2D eigenvalue weighted by atomic mass is 10.0. The van der Waals surface area contributed by atoms with Crippen LogP contribution < -0.4 is 5.32 Å². The van der Waals surface area contributed by atoms with Crippen LogP contribution in [0.1, 0.15) is 74.2 Å². The highest BCUT2D eigenvalue weighted by Gasteiger charge is 2.27. The van der Waals surface area contributed by atoms with Gasteiger partial charge in [-0.05, 0) is 60.4 Å². The van der Waals surface area contributed by atoms with Crippen LogP contribution in [0, 0.1) is 0 Å². The summed E-state index contributed by atoms with van der Waals surface area (Å²) in [6, 6.07) is 8.03. The van der Waals surface area contributed by atoms with Crippen molar-refractivity contribution in [1.82, 2.24) is 14.9 Å². The molecule has 6 nitrogen and oxygen atoms in total. The predicted octanol–water partition coefficient (Wildman–Crippen LogP) is 4.87. The van der Waals surface area contributed by atoms with Crippen LogP contribution in [0.15, 0.2) is 35.0 Å². The van der Waals surface area contributed by atoms with E-state index >= 15 is 0 Å². The molecule has 164 valence electrons. The van der Waals surface area contributed by atoms with Gasteiger partial charge in [0.05, 0.1) is 17.5 Å². The van der Waals surface area contributed by atoms with Crippen molar-refractivity contribution in [2.24, 2.45) is 0 Å². The SMILES string of the molecule is CCC(CC)n1c(Cc2ccsc2)nc2cc(C(=O)NC3CC(=O)OC(C)C3)ccc21. The normalized spacial score (nSPS) is 19.0. The van der Waals surface area contributed by atoms with E-state index in [1.807, 2.05) is 25.1 Å². The van der Waals surface area contributed by atoms with Gasteiger partial charge in [-0.25, -0.2) is 4.98 Å². The number of hydrogen-bond donors (Lipinski definition) is 1. The number of aromatic nitrogens is 2. The lowest BCUT2D eigenvalue weighted by molar-refractivity contribution is -0.153. The number of hydrogen-bond acceptors (Lipinski definition) is 5. The number of amides is 1. The Morgan fingerprint density at radius 2 is 2.13 bits per heavy atom. The molecular weight excluding hydrogens is 410 g/mol. The van der Waals surface area contributed by atoms with Crippen molar-refractivity contribution in [2.75, 3.05) is 0 Å². The fourth-order valence-corrected chi connectivity index (χ4v) is 5.10. The molecule has 4 rings (SSSR count). The van der Waals surface area contributed by atoms with Gasteiger partial charge in [-0.2, -0.15) is 11.3 Å². The van der Waals surface area contributed by atoms with E-state index in [0.29, 0.717) is 18.0 Å². The molecule has 2 unspecified atom stereocenters. The average Bonchev–Trinajstić information content (AvgIpc) is 3.36. The molecule has 0 aliphatic carbocycles. The number of carbonyl (C=O) groups is 2. The Bertz CT molecular complexity index is 1070. The molecule has 0 bridgehead atoms. The van der Waals surface area contributed by atoms with E-state index in [2.05, 4.69) is 40.6 Å². The lowest BCUT2D eigenvalue weighted by Gasteiger charge is -2.27. The second-order valence-electron chi connectivity index (χ2n) is 8.29. The van der Waals surface area contributed by atoms with Crippen molar-refractivity contribution in [2.45, 2.75) is 71.1 Å². The number of cyclic esters (lactones) is 1. The zero-order chi connectivity index (χ0) is 22.0. The van der Waals surface area contributed by atoms with Crippen LogP contribution in [0.25, 0.3) is 11.0 Å². The molecule has 2 atom stereocenters. The molecule has 1 saturated heterocycles. The third-order valence-electron chi connectivity index (χ3n) is 5.97. The van der Waals surface area contributed by atoms with Gasteiger partial charge in [0.2, 0.25) is 0 Å². The Morgan fingerprint density at radius 1 is 1.32 bits per heavy atom. The summed E-state index contributed by atoms with van der Waals surface area (Å²) in [5.74, 6) is 0.593. The van der Waals surface area contributed by atoms with Crippen LogP contribution in [0.4, 0.5) is 0 Å². The van der Waals surface area contributed by atoms with Crippen LogP contribution in [-0.4, -0.2) is 33.6 Å². The fourth-order valence-electron chi connectivity index (χ4n) is 4.44. The number of imidazole rings is 1. The molecule has 0 radical (unpaired) electrons. The lowest BCUT2D eigenvalue weighted by Crippen LogP contribution is -2.43. The third-order valence-corrected chi connectivity index (χ3v) is 6.70. The molecule has 1 aliphatic heterocycles. The van der Waals surface area contributed by atoms with Gasteiger partial charge in [0, 0.05) is 30.5 Å². The summed E-state index contributed by atoms with van der Waals surface area (Å²) in [5.41, 5.74) is 3.71. The molecular formula is C24H29N3O3S. The maximum absolute atomic E-state index is 12.9. The van der Waals surface area contributed by atoms with Crippen molar-refractivity contribution in [3.05, 3.63) is 52.0 Å². The van der Waals surface area contributed by atoms with Crippen molar-refractivity contribution in [1.29, 1.82) is 0 Å². The van der Waals surface area contributed by atoms with Gasteiger partial charge in [-0.15, -0.1) is 0 Å². The van der Waals surface area contributed by atoms with Crippen molar-refractivity contribution >= 4 is 34.2 Å². The first-order valence-corrected chi connectivity index (χ1v) is 11.9. The summed E-state index contributed by atoms with van der Waals surface area (Å²) < 4.78 is 7.50. The minimum atomic E-state index is -0.263. The molecule has 1 aliphatic rings. The summed E-state index contributed by atoms with van der Waals surface area (Å²) in [5, 5.41) is 7.24. The van der Waals surface area contributed by atoms with E-state index in [9.17, 15) is 9.59 Å². The predicted molar refractivity (Wildman–Crippen MR) is 123 cm³/mol. The minimum Gasteiger partial charge on any atom is -0.463 e. The first-order chi connectivity index (χ1) is 15.0. The summed E-state index contributed by atoms with van der Waals surface area (Å²) in [6.07, 6.45) is 3.50. The topological polar surface area (TPSA) is 73.2 Å². The minimum absolute atomic E-state index is 0.176. The molecule has 0 spiro atoms. The zero-order valence-corrected chi connectivity index (χ0v) is 19.1. The molecule has 31 heavy (non-hydrogen) atoms. The summed E-state index contributed by atoms with van der Waals surface area (Å²) >= 11 is 1.69. The van der Waals surface area contributed by atoms with Crippen LogP contribution in [0.2, 0.25) is 0 Å². The molecule has 1 amide bonds. The Kier molecular flexibility index (Phi) is 6.41. The van der Waals surface area contributed by atoms with E-state index < -0.39 is 0 Å². The van der Waals surface area contributed by atoms with E-state index in [1.54, 1.807) is 11.3 Å². The van der Waals surface area contributed by atoms with Crippen LogP contribution >= 0.6 is 11.3 Å². The Labute approximate surface area is 186 Å². The average molecular weight is 440 g/mol. The highest BCUT2D eigenvalue weighted by molar-refractivity contribution is 7.07. The number of carbonyl (C=O) groups excluding carboxylic acids is 2. The van der Waals surface area contributed by atoms with Crippen LogP contribution in [-0.2, 0) is 16.0 Å². The number of nitrogens with one attached hydrogen (secondary N) is 1. The number of benzene rings is 1. The number of rotatable bonds is 7. The number of ether oxygens (including phenoxy) is 1. The summed E-state index contributed by atoms with van der Waals surface area (Å²) in [7, 11) is 0. The van der Waals surface area contributed by atoms with Crippen LogP contribution in [0.3, 0.4) is 0 Å². The van der Waals surface area contributed by atoms with Gasteiger partial charge in [0.25, 0.3) is 5.91 Å². The second kappa shape index (κ2) is 9.22. The molecule has 1 fully saturated rings. The van der Waals surface area contributed by atoms with E-state index in [0.717, 1.165) is 36.1 Å². The quantitative estimate of drug-likeness (QED) is 0.533. The maximum atomic E-state index is 12.9. The maximum Gasteiger partial charge on any atom is 0.308 e. The van der Waals surface area contributed by atoms with Crippen molar-refractivity contribution in [3.8, 4) is 0 Å². The largest absolute Gasteiger partial charge is 0.463 e. The first kappa shape index (κ1) is 21.6. The molecule has 2 aromatic heterocycles. The van der Waals surface area contributed by atoms with Gasteiger partial charge in [0.1, 0.15) is 11.9 Å². The van der Waals surface area contributed by atoms with E-state index in [1.165, 1.54) is 5.56 Å². The van der Waals surface area contributed by atoms with Gasteiger partial charge in [0.15, 0.2) is 0 Å². The first-order valence-electron chi connectivity index (χ1n) is 11.0. The van der Waals surface area contributed by atoms with Gasteiger partial charge >= 0.3 is 5.97 Å². The summed E-state index contributed by atoms with van der Waals surface area (Å²) in [6.45, 7) is 6.25. The van der Waals surface area contributed by atoms with Crippen LogP contribution in [0.5, 0.6) is 0 Å². The molecule has 3 heterocycles. The second-order valence-corrected chi connectivity index (χ2v) is 9.07. The highest BCUT2D eigenvalue weighted by atomic mass is 32.1. The molecule has 7 heteroatoms. The zero-order valence-electron chi connectivity index (χ0n) is 18.3. The Balaban J connectivity index is 1.63. The van der Waals surface area contributed by atoms with Crippen molar-refractivity contribution < 1.29 is 14.3 Å². The number of esters is 1. The van der Waals surface area contributed by atoms with E-state index in [-0.39, 0.29) is 30.4 Å². The number of nitrogens with zero attached hydrogens (tertiary/aromatic N) is 2. The fraction of sp³-hybridized carbons (Fsp3) is 0.458. The Hall–Kier alpha value is -2.67. The van der Waals surface area contributed by atoms with E-state index in [4.69, 9.17) is 9.72 Å². The highest BCUT2D eigenvalue weighted by Crippen LogP contribution is 2.28. The molecule has 3 aromatic rings. The Morgan fingerprint density at radius 3 is 2.81 bits per heavy atom. The van der Waals surface area contributed by atoms with Gasteiger partial charge in [-0.3, -0.25) is 9.59 Å². The number of thiophene rings is 1. The van der Waals surface area contributed by atoms with Gasteiger partial charge < -0.3 is 14.6 Å². The molecule has 1 N–H and O–H groups in total. The third kappa shape index (κ3) is 4.66. The smallest absolute Gasteiger partial charge is 0.308 e. The standard InChI is InChI=1S/C24H29N3O3S/c1-4-19(5-2)27-21-7-6-17(24(29)25-18-10-15(3)30-23(28)13-18)12-20(21)26-22(27)11-16-8-9-31-14-16/h6-9,12,14-15,18-19H,4-5,10-11,13H2,1-3H3,(H,25,29). The molecule has 0 saturated carbocycles. The van der Waals surface area contributed by atoms with Crippen molar-refractivity contribution in [3.63, 3.8) is 0 Å². The monoisotopic (exact) mass is 439 g/mol. The number of fused-ring (bicyclic) bond motifs is 1. The molecule has 1 aromatic carbocycles. The van der Waals surface area contributed by atoms with Gasteiger partial charge in [-0.1, -0.05) is 13.8 Å².